The molecule has 11 heteroatoms. The molecule has 1 aromatic rings. The van der Waals surface area contributed by atoms with Crippen molar-refractivity contribution in [3.05, 3.63) is 12.4 Å². The van der Waals surface area contributed by atoms with Crippen molar-refractivity contribution in [3.63, 3.8) is 0 Å². The number of hydrogen-bond acceptors (Lipinski definition) is 6. The van der Waals surface area contributed by atoms with Gasteiger partial charge in [0.1, 0.15) is 6.04 Å². The lowest BCUT2D eigenvalue weighted by Gasteiger charge is -2.26. The van der Waals surface area contributed by atoms with Crippen molar-refractivity contribution < 1.29 is 14.1 Å². The lowest BCUT2D eigenvalue weighted by Crippen LogP contribution is -2.38. The molecule has 0 radical (unpaired) electrons. The molecule has 1 aromatic heterocycles. The van der Waals surface area contributed by atoms with Gasteiger partial charge in [-0.2, -0.15) is 3.71 Å². The maximum Gasteiger partial charge on any atom is 0.248 e. The van der Waals surface area contributed by atoms with Crippen molar-refractivity contribution in [2.75, 3.05) is 22.9 Å². The molecule has 8 nitrogen and oxygen atoms in total. The number of amides is 2. The molecule has 2 saturated heterocycles. The summed E-state index contributed by atoms with van der Waals surface area (Å²) in [5, 5.41) is 0. The summed E-state index contributed by atoms with van der Waals surface area (Å²) in [5.74, 6) is 0.101. The highest BCUT2D eigenvalue weighted by molar-refractivity contribution is 8.27. The van der Waals surface area contributed by atoms with Crippen LogP contribution in [0.15, 0.2) is 12.4 Å². The number of anilines is 2. The maximum absolute atomic E-state index is 12.4. The van der Waals surface area contributed by atoms with E-state index in [0.29, 0.717) is 31.6 Å². The first kappa shape index (κ1) is 17.7. The zero-order chi connectivity index (χ0) is 17.3. The molecule has 0 bridgehead atoms. The van der Waals surface area contributed by atoms with Gasteiger partial charge in [-0.3, -0.25) is 14.5 Å². The van der Waals surface area contributed by atoms with Gasteiger partial charge in [-0.1, -0.05) is 12.8 Å². The average molecular weight is 388 g/mol. The van der Waals surface area contributed by atoms with Crippen LogP contribution in [0, 0.1) is 0 Å². The van der Waals surface area contributed by atoms with E-state index in [1.165, 1.54) is 8.61 Å². The minimum atomic E-state index is -1.50. The summed E-state index contributed by atoms with van der Waals surface area (Å²) in [6.07, 6.45) is 6.02. The Hall–Kier alpha value is -1.14. The fourth-order valence-electron chi connectivity index (χ4n) is 2.85. The molecule has 1 N–H and O–H groups in total. The van der Waals surface area contributed by atoms with Crippen LogP contribution in [0.25, 0.3) is 0 Å². The molecule has 0 aliphatic carbocycles. The van der Waals surface area contributed by atoms with Crippen molar-refractivity contribution in [1.29, 1.82) is 0 Å². The summed E-state index contributed by atoms with van der Waals surface area (Å²) in [7, 11) is -1.50. The minimum absolute atomic E-state index is 0.0704. The first-order valence-corrected chi connectivity index (χ1v) is 9.98. The summed E-state index contributed by atoms with van der Waals surface area (Å²) in [6.45, 7) is 1.09. The quantitative estimate of drug-likeness (QED) is 0.736. The third-order valence-corrected chi connectivity index (χ3v) is 6.24. The molecule has 2 aliphatic rings. The van der Waals surface area contributed by atoms with E-state index in [9.17, 15) is 14.1 Å². The second-order valence-electron chi connectivity index (χ2n) is 5.57. The van der Waals surface area contributed by atoms with Gasteiger partial charge >= 0.3 is 0 Å². The smallest absolute Gasteiger partial charge is 0.248 e. The SMILES string of the molecule is O=C1CCCCN1c1cnc(N2CCC(N(S)S(O)=S)C2=O)nc1. The third-order valence-electron chi connectivity index (χ3n) is 4.10. The Balaban J connectivity index is 1.73. The second-order valence-corrected chi connectivity index (χ2v) is 8.02. The van der Waals surface area contributed by atoms with E-state index < -0.39 is 16.0 Å². The Morgan fingerprint density at radius 1 is 1.25 bits per heavy atom. The lowest BCUT2D eigenvalue weighted by atomic mass is 10.1. The van der Waals surface area contributed by atoms with Gasteiger partial charge in [0.05, 0.1) is 28.0 Å². The molecule has 24 heavy (non-hydrogen) atoms. The Labute approximate surface area is 152 Å². The van der Waals surface area contributed by atoms with Gasteiger partial charge in [-0.25, -0.2) is 9.97 Å². The summed E-state index contributed by atoms with van der Waals surface area (Å²) in [4.78, 5) is 35.9. The van der Waals surface area contributed by atoms with E-state index in [2.05, 4.69) is 22.8 Å². The third kappa shape index (κ3) is 3.45. The molecule has 2 atom stereocenters. The average Bonchev–Trinajstić information content (AvgIpc) is 2.96. The van der Waals surface area contributed by atoms with Crippen LogP contribution in [0.5, 0.6) is 0 Å². The van der Waals surface area contributed by atoms with E-state index in [1.54, 1.807) is 17.3 Å². The topological polar surface area (TPSA) is 89.9 Å². The molecule has 0 spiro atoms. The van der Waals surface area contributed by atoms with Crippen LogP contribution in [-0.2, 0) is 30.7 Å². The van der Waals surface area contributed by atoms with Crippen molar-refractivity contribution >= 4 is 57.4 Å². The molecule has 3 heterocycles. The van der Waals surface area contributed by atoms with E-state index >= 15 is 0 Å². The highest BCUT2D eigenvalue weighted by atomic mass is 32.8. The molecule has 2 unspecified atom stereocenters. The van der Waals surface area contributed by atoms with Gasteiger partial charge in [0, 0.05) is 19.5 Å². The van der Waals surface area contributed by atoms with E-state index in [-0.39, 0.29) is 17.8 Å². The van der Waals surface area contributed by atoms with Crippen LogP contribution in [0.3, 0.4) is 0 Å². The lowest BCUT2D eigenvalue weighted by molar-refractivity contribution is -0.120. The van der Waals surface area contributed by atoms with Crippen LogP contribution in [0.1, 0.15) is 25.7 Å². The molecule has 2 aliphatic heterocycles. The van der Waals surface area contributed by atoms with Crippen LogP contribution >= 0.6 is 12.8 Å². The molecule has 3 rings (SSSR count). The summed E-state index contributed by atoms with van der Waals surface area (Å²) in [5.41, 5.74) is 0.643. The van der Waals surface area contributed by atoms with E-state index in [4.69, 9.17) is 11.2 Å². The zero-order valence-electron chi connectivity index (χ0n) is 12.7. The van der Waals surface area contributed by atoms with Crippen LogP contribution in [0.2, 0.25) is 0 Å². The highest BCUT2D eigenvalue weighted by Gasteiger charge is 2.38. The van der Waals surface area contributed by atoms with Gasteiger partial charge in [0.15, 0.2) is 0 Å². The number of hydrogen-bond donors (Lipinski definition) is 2. The van der Waals surface area contributed by atoms with Gasteiger partial charge < -0.3 is 9.45 Å². The van der Waals surface area contributed by atoms with Gasteiger partial charge in [0.2, 0.25) is 17.8 Å². The molecule has 2 fully saturated rings. The molecular formula is C13H17N5O3S3. The van der Waals surface area contributed by atoms with Crippen molar-refractivity contribution in [3.8, 4) is 0 Å². The van der Waals surface area contributed by atoms with Gasteiger partial charge in [-0.05, 0) is 30.5 Å². The zero-order valence-corrected chi connectivity index (χ0v) is 15.3. The van der Waals surface area contributed by atoms with Crippen molar-refractivity contribution in [1.82, 2.24) is 13.7 Å². The number of aromatic nitrogens is 2. The maximum atomic E-state index is 12.4. The van der Waals surface area contributed by atoms with Crippen LogP contribution < -0.4 is 9.80 Å². The fraction of sp³-hybridized carbons (Fsp3) is 0.538. The fourth-order valence-corrected chi connectivity index (χ4v) is 3.79. The monoisotopic (exact) mass is 387 g/mol. The number of carbonyl (C=O) groups excluding carboxylic acids is 2. The number of piperidine rings is 1. The van der Waals surface area contributed by atoms with Crippen molar-refractivity contribution in [2.45, 2.75) is 31.7 Å². The van der Waals surface area contributed by atoms with Crippen molar-refractivity contribution in [2.24, 2.45) is 0 Å². The largest absolute Gasteiger partial charge is 0.315 e. The molecule has 0 aromatic carbocycles. The minimum Gasteiger partial charge on any atom is -0.315 e. The summed E-state index contributed by atoms with van der Waals surface area (Å²) >= 11 is 8.83. The highest BCUT2D eigenvalue weighted by Crippen LogP contribution is 2.25. The first-order valence-electron chi connectivity index (χ1n) is 7.52. The van der Waals surface area contributed by atoms with Crippen LogP contribution in [-0.4, -0.2) is 49.2 Å². The number of thiol groups is 1. The van der Waals surface area contributed by atoms with Gasteiger partial charge in [0.25, 0.3) is 0 Å². The Bertz CT molecular complexity index is 671. The standard InChI is InChI=1S/C13H17N5O3S3/c19-11-3-1-2-5-16(11)9-7-14-13(15-8-9)17-6-4-10(12(17)20)18(22)24(21)23/h7-8,10,22H,1-6H2,(H,21,23). The van der Waals surface area contributed by atoms with Crippen LogP contribution in [0.4, 0.5) is 11.6 Å². The Kier molecular flexibility index (Phi) is 5.45. The summed E-state index contributed by atoms with van der Waals surface area (Å²) in [6, 6.07) is -0.592. The molecule has 0 saturated carbocycles. The van der Waals surface area contributed by atoms with E-state index in [1.807, 2.05) is 0 Å². The predicted octanol–water partition coefficient (Wildman–Crippen LogP) is 0.714. The molecular weight excluding hydrogens is 370 g/mol. The number of rotatable bonds is 4. The Morgan fingerprint density at radius 3 is 2.58 bits per heavy atom. The second kappa shape index (κ2) is 7.40. The number of carbonyl (C=O) groups is 2. The summed E-state index contributed by atoms with van der Waals surface area (Å²) < 4.78 is 10.6. The molecule has 2 amide bonds. The number of nitrogens with zero attached hydrogens (tertiary/aromatic N) is 5. The van der Waals surface area contributed by atoms with Gasteiger partial charge in [-0.15, -0.1) is 0 Å². The van der Waals surface area contributed by atoms with E-state index in [0.717, 1.165) is 12.8 Å². The normalized spacial score (nSPS) is 23.2. The first-order chi connectivity index (χ1) is 11.5. The predicted molar refractivity (Wildman–Crippen MR) is 97.2 cm³/mol. The Morgan fingerprint density at radius 2 is 1.96 bits per heavy atom. The molecule has 130 valence electrons.